The molecule has 1 saturated heterocycles. The zero-order valence-corrected chi connectivity index (χ0v) is 14.4. The van der Waals surface area contributed by atoms with Gasteiger partial charge in [0.25, 0.3) is 0 Å². The maximum absolute atomic E-state index is 12.9. The predicted molar refractivity (Wildman–Crippen MR) is 89.7 cm³/mol. The third kappa shape index (κ3) is 3.25. The van der Waals surface area contributed by atoms with Crippen molar-refractivity contribution in [1.29, 1.82) is 0 Å². The Hall–Kier alpha value is -1.48. The Morgan fingerprint density at radius 2 is 1.65 bits per heavy atom. The summed E-state index contributed by atoms with van der Waals surface area (Å²) in [6.45, 7) is 7.66. The van der Waals surface area contributed by atoms with Gasteiger partial charge in [0.15, 0.2) is 5.78 Å². The summed E-state index contributed by atoms with van der Waals surface area (Å²) in [7, 11) is 0. The van der Waals surface area contributed by atoms with Crippen molar-refractivity contribution >= 4 is 11.6 Å². The average molecular weight is 314 g/mol. The van der Waals surface area contributed by atoms with Gasteiger partial charge in [0.2, 0.25) is 0 Å². The van der Waals surface area contributed by atoms with Crippen molar-refractivity contribution in [3.05, 3.63) is 34.4 Å². The number of benzene rings is 1. The molecule has 124 valence electrons. The quantitative estimate of drug-likeness (QED) is 0.800. The van der Waals surface area contributed by atoms with Gasteiger partial charge >= 0.3 is 0 Å². The van der Waals surface area contributed by atoms with Crippen LogP contribution in [0.25, 0.3) is 0 Å². The minimum Gasteiger partial charge on any atom is -0.381 e. The van der Waals surface area contributed by atoms with E-state index < -0.39 is 5.92 Å². The Morgan fingerprint density at radius 3 is 2.26 bits per heavy atom. The third-order valence-electron chi connectivity index (χ3n) is 5.44. The first-order chi connectivity index (χ1) is 11.0. The van der Waals surface area contributed by atoms with Crippen LogP contribution in [0.2, 0.25) is 0 Å². The Morgan fingerprint density at radius 1 is 1.04 bits per heavy atom. The lowest BCUT2D eigenvalue weighted by molar-refractivity contribution is -0.125. The molecular weight excluding hydrogens is 288 g/mol. The van der Waals surface area contributed by atoms with Crippen molar-refractivity contribution in [1.82, 2.24) is 0 Å². The van der Waals surface area contributed by atoms with Crippen molar-refractivity contribution in [2.45, 2.75) is 52.4 Å². The molecular formula is C20H26O3. The molecule has 0 radical (unpaired) electrons. The maximum Gasteiger partial charge on any atom is 0.151 e. The minimum absolute atomic E-state index is 0.0873. The summed E-state index contributed by atoms with van der Waals surface area (Å²) in [5.41, 5.74) is 4.28. The summed E-state index contributed by atoms with van der Waals surface area (Å²) >= 11 is 0. The van der Waals surface area contributed by atoms with Crippen molar-refractivity contribution < 1.29 is 14.3 Å². The molecule has 0 aromatic heterocycles. The van der Waals surface area contributed by atoms with Crippen LogP contribution in [0.1, 0.15) is 53.9 Å². The maximum atomic E-state index is 12.9. The van der Waals surface area contributed by atoms with Crippen LogP contribution in [0.15, 0.2) is 12.1 Å². The van der Waals surface area contributed by atoms with Gasteiger partial charge in [-0.2, -0.15) is 0 Å². The van der Waals surface area contributed by atoms with E-state index in [0.29, 0.717) is 12.3 Å². The number of hydrogen-bond acceptors (Lipinski definition) is 3. The van der Waals surface area contributed by atoms with Crippen LogP contribution in [0, 0.1) is 32.6 Å². The number of Topliss-reactive ketones (excluding diaryl/α,β-unsaturated/α-hetero) is 2. The van der Waals surface area contributed by atoms with Crippen LogP contribution in [0.4, 0.5) is 0 Å². The summed E-state index contributed by atoms with van der Waals surface area (Å²) in [5.74, 6) is 0.180. The van der Waals surface area contributed by atoms with Crippen LogP contribution in [-0.2, 0) is 14.3 Å². The molecule has 1 aromatic carbocycles. The van der Waals surface area contributed by atoms with Crippen molar-refractivity contribution in [2.24, 2.45) is 11.8 Å². The van der Waals surface area contributed by atoms with E-state index in [1.54, 1.807) is 0 Å². The van der Waals surface area contributed by atoms with Crippen LogP contribution in [-0.4, -0.2) is 24.8 Å². The highest BCUT2D eigenvalue weighted by atomic mass is 16.5. The Balaban J connectivity index is 1.81. The second-order valence-electron chi connectivity index (χ2n) is 7.31. The lowest BCUT2D eigenvalue weighted by atomic mass is 9.84. The highest BCUT2D eigenvalue weighted by Gasteiger charge is 2.43. The second-order valence-corrected chi connectivity index (χ2v) is 7.31. The summed E-state index contributed by atoms with van der Waals surface area (Å²) < 4.78 is 5.39. The molecule has 0 bridgehead atoms. The van der Waals surface area contributed by atoms with Crippen LogP contribution < -0.4 is 0 Å². The Bertz CT molecular complexity index is 603. The van der Waals surface area contributed by atoms with Crippen LogP contribution in [0.3, 0.4) is 0 Å². The first-order valence-corrected chi connectivity index (χ1v) is 8.69. The summed E-state index contributed by atoms with van der Waals surface area (Å²) in [4.78, 5) is 25.5. The molecule has 0 amide bonds. The number of carbonyl (C=O) groups is 2. The average Bonchev–Trinajstić information content (AvgIpc) is 2.75. The van der Waals surface area contributed by atoms with E-state index in [0.717, 1.165) is 49.2 Å². The van der Waals surface area contributed by atoms with Gasteiger partial charge in [-0.05, 0) is 62.6 Å². The summed E-state index contributed by atoms with van der Waals surface area (Å²) in [6.07, 6.45) is 3.32. The molecule has 2 fully saturated rings. The predicted octanol–water partition coefficient (Wildman–Crippen LogP) is 3.67. The molecule has 1 saturated carbocycles. The van der Waals surface area contributed by atoms with Gasteiger partial charge in [-0.3, -0.25) is 9.59 Å². The van der Waals surface area contributed by atoms with E-state index in [-0.39, 0.29) is 17.5 Å². The lowest BCUT2D eigenvalue weighted by Crippen LogP contribution is -2.22. The number of hydrogen-bond donors (Lipinski definition) is 0. The third-order valence-corrected chi connectivity index (χ3v) is 5.44. The Labute approximate surface area is 138 Å². The highest BCUT2D eigenvalue weighted by molar-refractivity contribution is 6.14. The van der Waals surface area contributed by atoms with E-state index in [1.807, 2.05) is 13.8 Å². The van der Waals surface area contributed by atoms with Gasteiger partial charge in [-0.15, -0.1) is 0 Å². The smallest absolute Gasteiger partial charge is 0.151 e. The number of aryl methyl sites for hydroxylation is 3. The number of ether oxygens (including phenoxy) is 1. The van der Waals surface area contributed by atoms with Crippen molar-refractivity contribution in [3.8, 4) is 0 Å². The molecule has 2 aliphatic rings. The zero-order valence-electron chi connectivity index (χ0n) is 14.4. The van der Waals surface area contributed by atoms with Crippen LogP contribution >= 0.6 is 0 Å². The van der Waals surface area contributed by atoms with E-state index in [9.17, 15) is 9.59 Å². The van der Waals surface area contributed by atoms with E-state index in [2.05, 4.69) is 19.1 Å². The molecule has 1 heterocycles. The van der Waals surface area contributed by atoms with Gasteiger partial charge in [-0.1, -0.05) is 17.7 Å². The number of carbonyl (C=O) groups excluding carboxylic acids is 2. The lowest BCUT2D eigenvalue weighted by Gasteiger charge is -2.24. The first kappa shape index (κ1) is 16.4. The SMILES string of the molecule is Cc1cc(C)c(C2C(=O)CC(CC3CCOCC3)C2=O)c(C)c1. The molecule has 0 N–H and O–H groups in total. The molecule has 23 heavy (non-hydrogen) atoms. The second kappa shape index (κ2) is 6.56. The summed E-state index contributed by atoms with van der Waals surface area (Å²) in [5, 5.41) is 0. The van der Waals surface area contributed by atoms with Gasteiger partial charge in [0.1, 0.15) is 11.7 Å². The normalized spacial score (nSPS) is 26.0. The molecule has 2 atom stereocenters. The molecule has 0 spiro atoms. The fraction of sp³-hybridized carbons (Fsp3) is 0.600. The standard InChI is InChI=1S/C20H26O3/c1-12-8-13(2)18(14(3)9-12)19-17(21)11-16(20(19)22)10-15-4-6-23-7-5-15/h8-9,15-16,19H,4-7,10-11H2,1-3H3. The summed E-state index contributed by atoms with van der Waals surface area (Å²) in [6, 6.07) is 4.16. The zero-order chi connectivity index (χ0) is 16.6. The van der Waals surface area contributed by atoms with Crippen LogP contribution in [0.5, 0.6) is 0 Å². The van der Waals surface area contributed by atoms with Gasteiger partial charge < -0.3 is 4.74 Å². The van der Waals surface area contributed by atoms with Gasteiger partial charge in [0.05, 0.1) is 0 Å². The Kier molecular flexibility index (Phi) is 4.67. The van der Waals surface area contributed by atoms with E-state index in [4.69, 9.17) is 4.74 Å². The van der Waals surface area contributed by atoms with Crippen molar-refractivity contribution in [2.75, 3.05) is 13.2 Å². The number of ketones is 2. The molecule has 3 heteroatoms. The molecule has 3 rings (SSSR count). The first-order valence-electron chi connectivity index (χ1n) is 8.69. The topological polar surface area (TPSA) is 43.4 Å². The fourth-order valence-corrected chi connectivity index (χ4v) is 4.39. The largest absolute Gasteiger partial charge is 0.381 e. The molecule has 3 nitrogen and oxygen atoms in total. The molecule has 1 aliphatic heterocycles. The molecule has 2 unspecified atom stereocenters. The minimum atomic E-state index is -0.527. The van der Waals surface area contributed by atoms with Gasteiger partial charge in [-0.25, -0.2) is 0 Å². The fourth-order valence-electron chi connectivity index (χ4n) is 4.39. The number of rotatable bonds is 3. The van der Waals surface area contributed by atoms with Gasteiger partial charge in [0, 0.05) is 25.6 Å². The molecule has 1 aliphatic carbocycles. The van der Waals surface area contributed by atoms with Crippen molar-refractivity contribution in [3.63, 3.8) is 0 Å². The highest BCUT2D eigenvalue weighted by Crippen LogP contribution is 2.39. The monoisotopic (exact) mass is 314 g/mol. The van der Waals surface area contributed by atoms with E-state index >= 15 is 0 Å². The molecule has 1 aromatic rings. The van der Waals surface area contributed by atoms with E-state index in [1.165, 1.54) is 5.56 Å².